The minimum absolute atomic E-state index is 0.0188. The van der Waals surface area contributed by atoms with Gasteiger partial charge in [-0.1, -0.05) is 0 Å². The molecule has 4 N–H and O–H groups in total. The second-order valence-corrected chi connectivity index (χ2v) is 3.55. The van der Waals surface area contributed by atoms with Gasteiger partial charge in [0.2, 0.25) is 0 Å². The molecule has 1 atom stereocenters. The topological polar surface area (TPSA) is 99.8 Å². The molecule has 1 heterocycles. The Labute approximate surface area is 99.6 Å². The van der Waals surface area contributed by atoms with Crippen LogP contribution in [0.3, 0.4) is 0 Å². The molecule has 1 aromatic heterocycles. The Morgan fingerprint density at radius 3 is 2.94 bits per heavy atom. The van der Waals surface area contributed by atoms with E-state index in [9.17, 15) is 0 Å². The van der Waals surface area contributed by atoms with Gasteiger partial charge in [0, 0.05) is 12.7 Å². The number of aromatic nitrogens is 2. The van der Waals surface area contributed by atoms with Crippen molar-refractivity contribution in [2.24, 2.45) is 0 Å². The number of aliphatic hydroxyl groups excluding tert-OH is 3. The fourth-order valence-corrected chi connectivity index (χ4v) is 1.20. The van der Waals surface area contributed by atoms with Crippen molar-refractivity contribution in [1.29, 1.82) is 0 Å². The second kappa shape index (κ2) is 8.02. The minimum Gasteiger partial charge on any atom is -0.394 e. The monoisotopic (exact) mass is 245 g/mol. The molecule has 0 radical (unpaired) electrons. The summed E-state index contributed by atoms with van der Waals surface area (Å²) in [5, 5.41) is 33.3. The molecule has 98 valence electrons. The number of rotatable bonds is 9. The molecule has 0 aliphatic carbocycles. The normalized spacial score (nSPS) is 12.6. The molecule has 1 rings (SSSR count). The lowest BCUT2D eigenvalue weighted by molar-refractivity contribution is 0.0854. The first-order chi connectivity index (χ1) is 8.26. The van der Waals surface area contributed by atoms with Crippen LogP contribution < -0.4 is 5.32 Å². The van der Waals surface area contributed by atoms with Gasteiger partial charge >= 0.3 is 0 Å². The lowest BCUT2D eigenvalue weighted by Gasteiger charge is -2.07. The second-order valence-electron chi connectivity index (χ2n) is 3.55. The summed E-state index contributed by atoms with van der Waals surface area (Å²) >= 11 is 0. The fraction of sp³-hybridized carbons (Fsp3) is 0.700. The first-order valence-corrected chi connectivity index (χ1v) is 5.50. The van der Waals surface area contributed by atoms with Gasteiger partial charge in [0.15, 0.2) is 0 Å². The van der Waals surface area contributed by atoms with Crippen molar-refractivity contribution in [3.63, 3.8) is 0 Å². The molecule has 0 saturated carbocycles. The third kappa shape index (κ3) is 5.64. The summed E-state index contributed by atoms with van der Waals surface area (Å²) in [6, 6.07) is 0. The number of nitrogens with one attached hydrogen (secondary N) is 1. The highest BCUT2D eigenvalue weighted by atomic mass is 16.5. The molecule has 7 nitrogen and oxygen atoms in total. The number of ether oxygens (including phenoxy) is 1. The Kier molecular flexibility index (Phi) is 6.56. The number of hydrogen-bond acceptors (Lipinski definition) is 6. The highest BCUT2D eigenvalue weighted by molar-refractivity contribution is 5.38. The SMILES string of the molecule is OCCOCCn1cc(NCC(O)CO)cn1. The number of anilines is 1. The van der Waals surface area contributed by atoms with Gasteiger partial charge in [-0.2, -0.15) is 5.10 Å². The van der Waals surface area contributed by atoms with Gasteiger partial charge in [-0.05, 0) is 0 Å². The molecule has 0 saturated heterocycles. The zero-order valence-corrected chi connectivity index (χ0v) is 9.62. The van der Waals surface area contributed by atoms with Crippen LogP contribution in [0.5, 0.6) is 0 Å². The highest BCUT2D eigenvalue weighted by Crippen LogP contribution is 2.04. The maximum Gasteiger partial charge on any atom is 0.0942 e. The van der Waals surface area contributed by atoms with E-state index in [0.29, 0.717) is 19.8 Å². The Bertz CT molecular complexity index is 305. The summed E-state index contributed by atoms with van der Waals surface area (Å²) in [4.78, 5) is 0. The summed E-state index contributed by atoms with van der Waals surface area (Å²) in [7, 11) is 0. The lowest BCUT2D eigenvalue weighted by atomic mass is 10.4. The Balaban J connectivity index is 2.22. The molecule has 0 spiro atoms. The standard InChI is InChI=1S/C10H19N3O4/c14-2-4-17-3-1-13-7-9(5-12-13)11-6-10(16)8-15/h5,7,10-11,14-16H,1-4,6,8H2. The smallest absolute Gasteiger partial charge is 0.0942 e. The molecular weight excluding hydrogens is 226 g/mol. The lowest BCUT2D eigenvalue weighted by Crippen LogP contribution is -2.22. The minimum atomic E-state index is -0.772. The van der Waals surface area contributed by atoms with Crippen molar-refractivity contribution >= 4 is 5.69 Å². The van der Waals surface area contributed by atoms with Crippen molar-refractivity contribution in [2.45, 2.75) is 12.6 Å². The van der Waals surface area contributed by atoms with Gasteiger partial charge in [-0.25, -0.2) is 0 Å². The Morgan fingerprint density at radius 2 is 2.24 bits per heavy atom. The van der Waals surface area contributed by atoms with Crippen molar-refractivity contribution < 1.29 is 20.1 Å². The maximum atomic E-state index is 9.14. The summed E-state index contributed by atoms with van der Waals surface area (Å²) in [5.74, 6) is 0. The third-order valence-corrected chi connectivity index (χ3v) is 2.09. The van der Waals surface area contributed by atoms with E-state index in [0.717, 1.165) is 5.69 Å². The molecule has 0 aromatic carbocycles. The maximum absolute atomic E-state index is 9.14. The number of hydrogen-bond donors (Lipinski definition) is 4. The largest absolute Gasteiger partial charge is 0.394 e. The average molecular weight is 245 g/mol. The van der Waals surface area contributed by atoms with E-state index in [-0.39, 0.29) is 19.8 Å². The van der Waals surface area contributed by atoms with E-state index < -0.39 is 6.10 Å². The first-order valence-electron chi connectivity index (χ1n) is 5.50. The summed E-state index contributed by atoms with van der Waals surface area (Å²) in [6.07, 6.45) is 2.65. The molecule has 1 aromatic rings. The molecule has 0 bridgehead atoms. The van der Waals surface area contributed by atoms with Crippen molar-refractivity contribution in [3.8, 4) is 0 Å². The van der Waals surface area contributed by atoms with Crippen molar-refractivity contribution in [3.05, 3.63) is 12.4 Å². The number of nitrogens with zero attached hydrogens (tertiary/aromatic N) is 2. The van der Waals surface area contributed by atoms with Gasteiger partial charge in [0.25, 0.3) is 0 Å². The van der Waals surface area contributed by atoms with Crippen LogP contribution in [0.4, 0.5) is 5.69 Å². The zero-order valence-electron chi connectivity index (χ0n) is 9.62. The molecule has 0 amide bonds. The van der Waals surface area contributed by atoms with Crippen LogP contribution in [-0.2, 0) is 11.3 Å². The van der Waals surface area contributed by atoms with Crippen LogP contribution in [0.1, 0.15) is 0 Å². The molecule has 1 unspecified atom stereocenters. The molecular formula is C10H19N3O4. The number of aliphatic hydroxyl groups is 3. The predicted octanol–water partition coefficient (Wildman–Crippen LogP) is -1.34. The van der Waals surface area contributed by atoms with Crippen LogP contribution in [0, 0.1) is 0 Å². The van der Waals surface area contributed by atoms with Crippen molar-refractivity contribution in [2.75, 3.05) is 38.3 Å². The van der Waals surface area contributed by atoms with Crippen LogP contribution in [0.25, 0.3) is 0 Å². The zero-order chi connectivity index (χ0) is 12.5. The van der Waals surface area contributed by atoms with E-state index >= 15 is 0 Å². The quantitative estimate of drug-likeness (QED) is 0.402. The van der Waals surface area contributed by atoms with E-state index in [1.807, 2.05) is 0 Å². The highest BCUT2D eigenvalue weighted by Gasteiger charge is 2.02. The van der Waals surface area contributed by atoms with Crippen molar-refractivity contribution in [1.82, 2.24) is 9.78 Å². The molecule has 0 aliphatic rings. The molecule has 17 heavy (non-hydrogen) atoms. The molecule has 0 aliphatic heterocycles. The van der Waals surface area contributed by atoms with Crippen LogP contribution in [0.15, 0.2) is 12.4 Å². The van der Waals surface area contributed by atoms with E-state index in [2.05, 4.69) is 10.4 Å². The summed E-state index contributed by atoms with van der Waals surface area (Å²) in [6.45, 7) is 1.45. The van der Waals surface area contributed by atoms with Gasteiger partial charge in [0.1, 0.15) is 0 Å². The van der Waals surface area contributed by atoms with Crippen LogP contribution in [0.2, 0.25) is 0 Å². The molecule has 0 fully saturated rings. The van der Waals surface area contributed by atoms with E-state index in [1.165, 1.54) is 0 Å². The molecule has 7 heteroatoms. The average Bonchev–Trinajstić information content (AvgIpc) is 2.79. The van der Waals surface area contributed by atoms with Crippen LogP contribution in [-0.4, -0.2) is 64.2 Å². The Hall–Kier alpha value is -1.15. The van der Waals surface area contributed by atoms with Gasteiger partial charge < -0.3 is 25.4 Å². The summed E-state index contributed by atoms with van der Waals surface area (Å²) < 4.78 is 6.81. The predicted molar refractivity (Wildman–Crippen MR) is 61.7 cm³/mol. The van der Waals surface area contributed by atoms with Gasteiger partial charge in [0.05, 0.1) is 51.0 Å². The van der Waals surface area contributed by atoms with Crippen LogP contribution >= 0.6 is 0 Å². The fourth-order valence-electron chi connectivity index (χ4n) is 1.20. The first kappa shape index (κ1) is 13.9. The van der Waals surface area contributed by atoms with E-state index in [1.54, 1.807) is 17.1 Å². The summed E-state index contributed by atoms with van der Waals surface area (Å²) in [5.41, 5.74) is 0.777. The Morgan fingerprint density at radius 1 is 1.41 bits per heavy atom. The van der Waals surface area contributed by atoms with Gasteiger partial charge in [-0.3, -0.25) is 4.68 Å². The van der Waals surface area contributed by atoms with Gasteiger partial charge in [-0.15, -0.1) is 0 Å². The van der Waals surface area contributed by atoms with E-state index in [4.69, 9.17) is 20.1 Å². The third-order valence-electron chi connectivity index (χ3n) is 2.09.